The van der Waals surface area contributed by atoms with Gasteiger partial charge in [0, 0.05) is 25.0 Å². The van der Waals surface area contributed by atoms with Crippen molar-refractivity contribution in [3.8, 4) is 0 Å². The Morgan fingerprint density at radius 2 is 1.57 bits per heavy atom. The number of halogens is 2. The molecule has 0 aliphatic carbocycles. The Kier molecular flexibility index (Phi) is 4.18. The molecule has 0 bridgehead atoms. The molecule has 4 nitrogen and oxygen atoms in total. The summed E-state index contributed by atoms with van der Waals surface area (Å²) in [7, 11) is -4.00. The predicted octanol–water partition coefficient (Wildman–Crippen LogP) is 2.08. The summed E-state index contributed by atoms with van der Waals surface area (Å²) in [5, 5.41) is 0. The predicted molar refractivity (Wildman–Crippen MR) is 82.3 cm³/mol. The summed E-state index contributed by atoms with van der Waals surface area (Å²) in [6, 6.07) is 10.8. The van der Waals surface area contributed by atoms with Crippen LogP contribution in [0, 0.1) is 11.6 Å². The van der Waals surface area contributed by atoms with Crippen LogP contribution in [0.15, 0.2) is 53.4 Å². The van der Waals surface area contributed by atoms with E-state index in [1.165, 1.54) is 24.3 Å². The van der Waals surface area contributed by atoms with Crippen molar-refractivity contribution in [1.29, 1.82) is 0 Å². The zero-order chi connectivity index (χ0) is 16.6. The third-order valence-corrected chi connectivity index (χ3v) is 5.96. The van der Waals surface area contributed by atoms with Crippen molar-refractivity contribution in [3.05, 3.63) is 65.7 Å². The van der Waals surface area contributed by atoms with Crippen molar-refractivity contribution in [1.82, 2.24) is 4.31 Å². The van der Waals surface area contributed by atoms with Crippen LogP contribution < -0.4 is 5.73 Å². The van der Waals surface area contributed by atoms with Gasteiger partial charge in [-0.1, -0.05) is 30.3 Å². The summed E-state index contributed by atoms with van der Waals surface area (Å²) >= 11 is 0. The lowest BCUT2D eigenvalue weighted by atomic mass is 9.94. The zero-order valence-corrected chi connectivity index (χ0v) is 13.0. The average Bonchev–Trinajstić information content (AvgIpc) is 2.90. The summed E-state index contributed by atoms with van der Waals surface area (Å²) in [4.78, 5) is -0.388. The molecule has 1 aliphatic heterocycles. The molecule has 1 heterocycles. The van der Waals surface area contributed by atoms with E-state index in [1.54, 1.807) is 18.2 Å². The van der Waals surface area contributed by atoms with E-state index in [-0.39, 0.29) is 18.0 Å². The van der Waals surface area contributed by atoms with E-state index >= 15 is 0 Å². The quantitative estimate of drug-likeness (QED) is 0.932. The van der Waals surface area contributed by atoms with Crippen molar-refractivity contribution < 1.29 is 17.2 Å². The topological polar surface area (TPSA) is 63.4 Å². The van der Waals surface area contributed by atoms with Crippen molar-refractivity contribution in [2.24, 2.45) is 5.73 Å². The minimum Gasteiger partial charge on any atom is -0.326 e. The van der Waals surface area contributed by atoms with E-state index in [4.69, 9.17) is 5.73 Å². The van der Waals surface area contributed by atoms with Crippen LogP contribution in [-0.4, -0.2) is 31.9 Å². The second kappa shape index (κ2) is 5.99. The Bertz CT molecular complexity index is 826. The first-order valence-corrected chi connectivity index (χ1v) is 8.60. The minimum absolute atomic E-state index is 0.0235. The third-order valence-electron chi connectivity index (χ3n) is 4.09. The number of benzene rings is 2. The highest BCUT2D eigenvalue weighted by molar-refractivity contribution is 7.89. The average molecular weight is 338 g/mol. The third kappa shape index (κ3) is 2.87. The Morgan fingerprint density at radius 3 is 2.22 bits per heavy atom. The number of hydrogen-bond acceptors (Lipinski definition) is 3. The molecular formula is C16H16F2N2O2S. The largest absolute Gasteiger partial charge is 0.326 e. The molecule has 0 unspecified atom stereocenters. The normalized spacial score (nSPS) is 22.4. The molecule has 23 heavy (non-hydrogen) atoms. The van der Waals surface area contributed by atoms with Gasteiger partial charge in [-0.15, -0.1) is 0 Å². The van der Waals surface area contributed by atoms with Crippen LogP contribution in [-0.2, 0) is 10.0 Å². The Balaban J connectivity index is 1.92. The maximum Gasteiger partial charge on any atom is 0.246 e. The molecule has 7 heteroatoms. The van der Waals surface area contributed by atoms with Crippen LogP contribution in [0.5, 0.6) is 0 Å². The highest BCUT2D eigenvalue weighted by Gasteiger charge is 2.40. The Morgan fingerprint density at radius 1 is 0.957 bits per heavy atom. The van der Waals surface area contributed by atoms with Gasteiger partial charge < -0.3 is 5.73 Å². The lowest BCUT2D eigenvalue weighted by Gasteiger charge is -2.17. The fourth-order valence-corrected chi connectivity index (χ4v) is 4.45. The number of sulfonamides is 1. The molecule has 0 saturated carbocycles. The molecule has 1 fully saturated rings. The van der Waals surface area contributed by atoms with Crippen LogP contribution in [0.2, 0.25) is 0 Å². The second-order valence-electron chi connectivity index (χ2n) is 5.54. The number of nitrogens with two attached hydrogens (primary N) is 1. The van der Waals surface area contributed by atoms with Crippen LogP contribution in [0.25, 0.3) is 0 Å². The molecular weight excluding hydrogens is 322 g/mol. The molecule has 122 valence electrons. The lowest BCUT2D eigenvalue weighted by molar-refractivity contribution is 0.462. The van der Waals surface area contributed by atoms with Crippen LogP contribution in [0.1, 0.15) is 11.5 Å². The van der Waals surface area contributed by atoms with Gasteiger partial charge in [-0.2, -0.15) is 4.31 Å². The molecule has 2 atom stereocenters. The molecule has 2 aromatic carbocycles. The molecule has 0 radical (unpaired) electrons. The number of hydrogen-bond donors (Lipinski definition) is 1. The highest BCUT2D eigenvalue weighted by atomic mass is 32.2. The molecule has 0 amide bonds. The lowest BCUT2D eigenvalue weighted by Crippen LogP contribution is -2.32. The van der Waals surface area contributed by atoms with Crippen molar-refractivity contribution in [3.63, 3.8) is 0 Å². The molecule has 1 saturated heterocycles. The maximum absolute atomic E-state index is 13.9. The summed E-state index contributed by atoms with van der Waals surface area (Å²) < 4.78 is 54.1. The van der Waals surface area contributed by atoms with Crippen molar-refractivity contribution in [2.45, 2.75) is 16.9 Å². The van der Waals surface area contributed by atoms with Gasteiger partial charge in [0.05, 0.1) is 0 Å². The summed E-state index contributed by atoms with van der Waals surface area (Å²) in [5.41, 5.74) is 6.40. The van der Waals surface area contributed by atoms with Gasteiger partial charge in [-0.05, 0) is 23.8 Å². The Labute approximate surface area is 133 Å². The standard InChI is InChI=1S/C16H16F2N2O2S/c17-13-6-2-1-5-11(13)12-9-20(10-15(12)19)23(21,22)16-8-4-3-7-14(16)18/h1-8,12,15H,9-10,19H2/t12-,15+/m0/s1. The van der Waals surface area contributed by atoms with Gasteiger partial charge in [-0.3, -0.25) is 0 Å². The zero-order valence-electron chi connectivity index (χ0n) is 12.2. The van der Waals surface area contributed by atoms with E-state index < -0.39 is 33.6 Å². The SMILES string of the molecule is N[C@@H]1CN(S(=O)(=O)c2ccccc2F)C[C@H]1c1ccccc1F. The van der Waals surface area contributed by atoms with Gasteiger partial charge >= 0.3 is 0 Å². The molecule has 1 aliphatic rings. The molecule has 2 aromatic rings. The van der Waals surface area contributed by atoms with E-state index in [2.05, 4.69) is 0 Å². The number of nitrogens with zero attached hydrogens (tertiary/aromatic N) is 1. The summed E-state index contributed by atoms with van der Waals surface area (Å²) in [6.07, 6.45) is 0. The van der Waals surface area contributed by atoms with Crippen LogP contribution in [0.4, 0.5) is 8.78 Å². The van der Waals surface area contributed by atoms with Crippen LogP contribution in [0.3, 0.4) is 0 Å². The van der Waals surface area contributed by atoms with Gasteiger partial charge in [0.15, 0.2) is 0 Å². The highest BCUT2D eigenvalue weighted by Crippen LogP contribution is 2.32. The van der Waals surface area contributed by atoms with Gasteiger partial charge in [-0.25, -0.2) is 17.2 Å². The van der Waals surface area contributed by atoms with Gasteiger partial charge in [0.2, 0.25) is 10.0 Å². The maximum atomic E-state index is 13.9. The molecule has 2 N–H and O–H groups in total. The van der Waals surface area contributed by atoms with Crippen molar-refractivity contribution in [2.75, 3.05) is 13.1 Å². The summed E-state index contributed by atoms with van der Waals surface area (Å²) in [6.45, 7) is 0.0500. The molecule has 3 rings (SSSR count). The van der Waals surface area contributed by atoms with E-state index in [1.807, 2.05) is 0 Å². The fourth-order valence-electron chi connectivity index (χ4n) is 2.89. The number of rotatable bonds is 3. The monoisotopic (exact) mass is 338 g/mol. The van der Waals surface area contributed by atoms with E-state index in [0.717, 1.165) is 10.4 Å². The van der Waals surface area contributed by atoms with E-state index in [0.29, 0.717) is 5.56 Å². The van der Waals surface area contributed by atoms with Gasteiger partial charge in [0.1, 0.15) is 16.5 Å². The first-order chi connectivity index (χ1) is 10.9. The second-order valence-corrected chi connectivity index (χ2v) is 7.45. The summed E-state index contributed by atoms with van der Waals surface area (Å²) in [5.74, 6) is -1.69. The Hall–Kier alpha value is -1.83. The minimum atomic E-state index is -4.00. The van der Waals surface area contributed by atoms with Crippen molar-refractivity contribution >= 4 is 10.0 Å². The van der Waals surface area contributed by atoms with E-state index in [9.17, 15) is 17.2 Å². The molecule has 0 aromatic heterocycles. The molecule has 0 spiro atoms. The first-order valence-electron chi connectivity index (χ1n) is 7.16. The first kappa shape index (κ1) is 16.0. The van der Waals surface area contributed by atoms with Gasteiger partial charge in [0.25, 0.3) is 0 Å². The fraction of sp³-hybridized carbons (Fsp3) is 0.250. The smallest absolute Gasteiger partial charge is 0.246 e. The van der Waals surface area contributed by atoms with Crippen LogP contribution >= 0.6 is 0 Å².